The van der Waals surface area contributed by atoms with Crippen molar-refractivity contribution >= 4 is 12.0 Å². The van der Waals surface area contributed by atoms with E-state index in [0.717, 1.165) is 29.4 Å². The van der Waals surface area contributed by atoms with Gasteiger partial charge in [-0.3, -0.25) is 0 Å². The van der Waals surface area contributed by atoms with Gasteiger partial charge in [-0.25, -0.2) is 4.79 Å². The van der Waals surface area contributed by atoms with Gasteiger partial charge in [0.1, 0.15) is 11.9 Å². The third-order valence-electron chi connectivity index (χ3n) is 2.34. The van der Waals surface area contributed by atoms with E-state index in [9.17, 15) is 4.79 Å². The van der Waals surface area contributed by atoms with Crippen LogP contribution in [0.25, 0.3) is 6.08 Å². The minimum atomic E-state index is -0.930. The van der Waals surface area contributed by atoms with Crippen LogP contribution in [0.15, 0.2) is 24.3 Å². The lowest BCUT2D eigenvalue weighted by molar-refractivity contribution is -0.131. The molecule has 0 aliphatic carbocycles. The van der Waals surface area contributed by atoms with Gasteiger partial charge in [-0.1, -0.05) is 6.07 Å². The second-order valence-corrected chi connectivity index (χ2v) is 3.67. The van der Waals surface area contributed by atoms with E-state index in [1.165, 1.54) is 0 Å². The summed E-state index contributed by atoms with van der Waals surface area (Å²) in [5.41, 5.74) is 2.05. The van der Waals surface area contributed by atoms with E-state index in [1.807, 2.05) is 25.1 Å². The van der Waals surface area contributed by atoms with Gasteiger partial charge < -0.3 is 9.84 Å². The Labute approximate surface area is 88.0 Å². The highest BCUT2D eigenvalue weighted by Gasteiger charge is 2.18. The maximum absolute atomic E-state index is 10.3. The molecule has 15 heavy (non-hydrogen) atoms. The summed E-state index contributed by atoms with van der Waals surface area (Å²) < 4.78 is 5.55. The van der Waals surface area contributed by atoms with E-state index in [4.69, 9.17) is 9.84 Å². The molecule has 0 radical (unpaired) electrons. The van der Waals surface area contributed by atoms with E-state index in [1.54, 1.807) is 6.08 Å². The van der Waals surface area contributed by atoms with Gasteiger partial charge in [-0.2, -0.15) is 0 Å². The first-order valence-electron chi connectivity index (χ1n) is 4.86. The Morgan fingerprint density at radius 2 is 2.40 bits per heavy atom. The second kappa shape index (κ2) is 3.77. The van der Waals surface area contributed by atoms with Crippen molar-refractivity contribution in [3.63, 3.8) is 0 Å². The van der Waals surface area contributed by atoms with Crippen molar-refractivity contribution < 1.29 is 14.6 Å². The van der Waals surface area contributed by atoms with Crippen molar-refractivity contribution in [3.8, 4) is 5.75 Å². The molecule has 1 atom stereocenters. The molecule has 0 amide bonds. The molecule has 0 saturated carbocycles. The summed E-state index contributed by atoms with van der Waals surface area (Å²) >= 11 is 0. The lowest BCUT2D eigenvalue weighted by Gasteiger charge is -2.01. The van der Waals surface area contributed by atoms with E-state index in [-0.39, 0.29) is 6.10 Å². The summed E-state index contributed by atoms with van der Waals surface area (Å²) in [6.45, 7) is 2.02. The number of aliphatic carboxylic acids is 1. The van der Waals surface area contributed by atoms with Crippen molar-refractivity contribution in [2.75, 3.05) is 0 Å². The molecule has 1 aliphatic heterocycles. The standard InChI is InChI=1S/C12H12O3/c1-8-6-10-7-9(3-5-12(13)14)2-4-11(10)15-8/h2-5,7-8H,6H2,1H3,(H,13,14)/b5-3+/t8-/m0/s1. The van der Waals surface area contributed by atoms with Gasteiger partial charge >= 0.3 is 5.97 Å². The summed E-state index contributed by atoms with van der Waals surface area (Å²) in [6.07, 6.45) is 3.84. The molecule has 0 bridgehead atoms. The number of benzene rings is 1. The summed E-state index contributed by atoms with van der Waals surface area (Å²) in [7, 11) is 0. The first kappa shape index (κ1) is 9.77. The molecular formula is C12H12O3. The lowest BCUT2D eigenvalue weighted by Crippen LogP contribution is -2.05. The highest BCUT2D eigenvalue weighted by atomic mass is 16.5. The van der Waals surface area contributed by atoms with Gasteiger partial charge in [-0.15, -0.1) is 0 Å². The molecule has 3 nitrogen and oxygen atoms in total. The number of carboxylic acid groups (broad SMARTS) is 1. The molecule has 78 valence electrons. The van der Waals surface area contributed by atoms with Gasteiger partial charge in [0.2, 0.25) is 0 Å². The molecule has 2 rings (SSSR count). The molecule has 0 fully saturated rings. The normalized spacial score (nSPS) is 18.9. The molecule has 1 N–H and O–H groups in total. The van der Waals surface area contributed by atoms with Crippen molar-refractivity contribution in [1.29, 1.82) is 0 Å². The van der Waals surface area contributed by atoms with Gasteiger partial charge in [0.15, 0.2) is 0 Å². The van der Waals surface area contributed by atoms with Gasteiger partial charge in [0.05, 0.1) is 0 Å². The summed E-state index contributed by atoms with van der Waals surface area (Å²) in [5.74, 6) is -0.0184. The third kappa shape index (κ3) is 2.18. The molecule has 0 spiro atoms. The van der Waals surface area contributed by atoms with Crippen LogP contribution < -0.4 is 4.74 Å². The molecule has 0 aromatic heterocycles. The predicted octanol–water partition coefficient (Wildman–Crippen LogP) is 2.11. The number of carboxylic acids is 1. The largest absolute Gasteiger partial charge is 0.490 e. The number of rotatable bonds is 2. The van der Waals surface area contributed by atoms with Crippen LogP contribution in [0.1, 0.15) is 18.1 Å². The van der Waals surface area contributed by atoms with Crippen LogP contribution in [0, 0.1) is 0 Å². The summed E-state index contributed by atoms with van der Waals surface area (Å²) in [4.78, 5) is 10.3. The van der Waals surface area contributed by atoms with Crippen LogP contribution in [0.5, 0.6) is 5.75 Å². The molecule has 1 aromatic carbocycles. The number of hydrogen-bond donors (Lipinski definition) is 1. The smallest absolute Gasteiger partial charge is 0.328 e. The van der Waals surface area contributed by atoms with Gasteiger partial charge in [0.25, 0.3) is 0 Å². The van der Waals surface area contributed by atoms with Crippen LogP contribution >= 0.6 is 0 Å². The highest BCUT2D eigenvalue weighted by Crippen LogP contribution is 2.29. The molecule has 0 unspecified atom stereocenters. The van der Waals surface area contributed by atoms with Gasteiger partial charge in [0, 0.05) is 12.5 Å². The fraction of sp³-hybridized carbons (Fsp3) is 0.250. The zero-order valence-corrected chi connectivity index (χ0v) is 8.43. The Bertz CT molecular complexity index is 421. The van der Waals surface area contributed by atoms with Crippen LogP contribution in [0.4, 0.5) is 0 Å². The monoisotopic (exact) mass is 204 g/mol. The fourth-order valence-electron chi connectivity index (χ4n) is 1.71. The summed E-state index contributed by atoms with van der Waals surface area (Å²) in [5, 5.41) is 8.50. The Balaban J connectivity index is 2.23. The topological polar surface area (TPSA) is 46.5 Å². The molecular weight excluding hydrogens is 192 g/mol. The summed E-state index contributed by atoms with van der Waals surface area (Å²) in [6, 6.07) is 5.72. The average molecular weight is 204 g/mol. The Hall–Kier alpha value is -1.77. The predicted molar refractivity (Wildman–Crippen MR) is 56.9 cm³/mol. The minimum Gasteiger partial charge on any atom is -0.490 e. The van der Waals surface area contributed by atoms with E-state index < -0.39 is 5.97 Å². The first-order valence-corrected chi connectivity index (χ1v) is 4.86. The number of hydrogen-bond acceptors (Lipinski definition) is 2. The number of ether oxygens (including phenoxy) is 1. The highest BCUT2D eigenvalue weighted by molar-refractivity contribution is 5.85. The molecule has 1 heterocycles. The lowest BCUT2D eigenvalue weighted by atomic mass is 10.1. The van der Waals surface area contributed by atoms with Crippen molar-refractivity contribution in [1.82, 2.24) is 0 Å². The van der Waals surface area contributed by atoms with Crippen LogP contribution in [-0.2, 0) is 11.2 Å². The van der Waals surface area contributed by atoms with Gasteiger partial charge in [-0.05, 0) is 36.3 Å². The Morgan fingerprint density at radius 3 is 3.13 bits per heavy atom. The van der Waals surface area contributed by atoms with E-state index >= 15 is 0 Å². The van der Waals surface area contributed by atoms with Crippen molar-refractivity contribution in [3.05, 3.63) is 35.4 Å². The zero-order chi connectivity index (χ0) is 10.8. The van der Waals surface area contributed by atoms with Crippen molar-refractivity contribution in [2.45, 2.75) is 19.4 Å². The average Bonchev–Trinajstić information content (AvgIpc) is 2.53. The molecule has 1 aromatic rings. The number of carbonyl (C=O) groups is 1. The number of fused-ring (bicyclic) bond motifs is 1. The molecule has 0 saturated heterocycles. The maximum Gasteiger partial charge on any atom is 0.328 e. The maximum atomic E-state index is 10.3. The van der Waals surface area contributed by atoms with Crippen molar-refractivity contribution in [2.24, 2.45) is 0 Å². The second-order valence-electron chi connectivity index (χ2n) is 3.67. The minimum absolute atomic E-state index is 0.221. The molecule has 1 aliphatic rings. The Morgan fingerprint density at radius 1 is 1.60 bits per heavy atom. The first-order chi connectivity index (χ1) is 7.15. The fourth-order valence-corrected chi connectivity index (χ4v) is 1.71. The quantitative estimate of drug-likeness (QED) is 0.750. The zero-order valence-electron chi connectivity index (χ0n) is 8.43. The van der Waals surface area contributed by atoms with E-state index in [2.05, 4.69) is 0 Å². The SMILES string of the molecule is C[C@H]1Cc2cc(/C=C/C(=O)O)ccc2O1. The van der Waals surface area contributed by atoms with Crippen LogP contribution in [0.2, 0.25) is 0 Å². The van der Waals surface area contributed by atoms with Crippen LogP contribution in [-0.4, -0.2) is 17.2 Å². The third-order valence-corrected chi connectivity index (χ3v) is 2.34. The Kier molecular flexibility index (Phi) is 2.46. The molecule has 3 heteroatoms. The van der Waals surface area contributed by atoms with E-state index in [0.29, 0.717) is 0 Å². The van der Waals surface area contributed by atoms with Crippen LogP contribution in [0.3, 0.4) is 0 Å².